The maximum Gasteiger partial charge on any atom is 0.310 e. The molecule has 8 heteroatoms. The van der Waals surface area contributed by atoms with Gasteiger partial charge < -0.3 is 14.5 Å². The highest BCUT2D eigenvalue weighted by Gasteiger charge is 2.48. The van der Waals surface area contributed by atoms with Crippen molar-refractivity contribution in [1.29, 1.82) is 0 Å². The number of ether oxygens (including phenoxy) is 1. The fourth-order valence-electron chi connectivity index (χ4n) is 5.72. The molecule has 5 heterocycles. The number of allylic oxidation sites excluding steroid dienone is 1. The van der Waals surface area contributed by atoms with Crippen molar-refractivity contribution in [2.75, 3.05) is 18.0 Å². The number of carbonyl (C=O) groups is 2. The number of aromatic nitrogens is 3. The second-order valence-electron chi connectivity index (χ2n) is 9.51. The Morgan fingerprint density at radius 3 is 2.64 bits per heavy atom. The number of rotatable bonds is 5. The number of amides is 1. The molecule has 3 atom stereocenters. The highest BCUT2D eigenvalue weighted by Crippen LogP contribution is 2.36. The molecule has 6 rings (SSSR count). The second-order valence-corrected chi connectivity index (χ2v) is 9.51. The lowest BCUT2D eigenvalue weighted by Crippen LogP contribution is -2.60. The molecule has 3 fully saturated rings. The van der Waals surface area contributed by atoms with Crippen LogP contribution in [0.2, 0.25) is 0 Å². The van der Waals surface area contributed by atoms with Crippen molar-refractivity contribution in [2.24, 2.45) is 0 Å². The number of hydrogen-bond donors (Lipinski definition) is 0. The average Bonchev–Trinajstić information content (AvgIpc) is 3.15. The third-order valence-corrected chi connectivity index (χ3v) is 7.41. The number of fused-ring (bicyclic) bond motifs is 3. The largest absolute Gasteiger partial charge is 0.451 e. The van der Waals surface area contributed by atoms with Crippen LogP contribution >= 0.6 is 0 Å². The third-order valence-electron chi connectivity index (χ3n) is 7.41. The lowest BCUT2D eigenvalue weighted by atomic mass is 9.97. The van der Waals surface area contributed by atoms with Gasteiger partial charge >= 0.3 is 5.97 Å². The molecule has 0 aliphatic carbocycles. The first-order chi connectivity index (χ1) is 17.6. The van der Waals surface area contributed by atoms with Crippen LogP contribution < -0.4 is 4.90 Å². The van der Waals surface area contributed by atoms with Crippen LogP contribution in [-0.2, 0) is 14.3 Å². The SMILES string of the molecule is C=Cc1cccc(-c2cc3ncnc(N4CC5CCC(C4)N5C(=O)C4CC(=O)O4)c3cn2)c1/C=C\C. The number of pyridine rings is 1. The topological polar surface area (TPSA) is 88.5 Å². The lowest BCUT2D eigenvalue weighted by Gasteiger charge is -2.43. The first-order valence-electron chi connectivity index (χ1n) is 12.3. The van der Waals surface area contributed by atoms with Gasteiger partial charge in [-0.15, -0.1) is 0 Å². The number of benzene rings is 1. The summed E-state index contributed by atoms with van der Waals surface area (Å²) < 4.78 is 5.05. The van der Waals surface area contributed by atoms with Crippen molar-refractivity contribution in [3.63, 3.8) is 0 Å². The fourth-order valence-corrected chi connectivity index (χ4v) is 5.72. The molecule has 3 aliphatic rings. The van der Waals surface area contributed by atoms with E-state index in [4.69, 9.17) is 9.72 Å². The molecule has 182 valence electrons. The Morgan fingerprint density at radius 1 is 1.17 bits per heavy atom. The smallest absolute Gasteiger partial charge is 0.310 e. The summed E-state index contributed by atoms with van der Waals surface area (Å²) in [6.07, 6.45) is 10.9. The van der Waals surface area contributed by atoms with Crippen LogP contribution in [-0.4, -0.2) is 63.0 Å². The molecule has 0 radical (unpaired) electrons. The highest BCUT2D eigenvalue weighted by molar-refractivity contribution is 5.94. The van der Waals surface area contributed by atoms with Gasteiger partial charge in [-0.2, -0.15) is 0 Å². The Hall–Kier alpha value is -4.07. The molecule has 3 aliphatic heterocycles. The van der Waals surface area contributed by atoms with Gasteiger partial charge in [-0.3, -0.25) is 14.6 Å². The van der Waals surface area contributed by atoms with Gasteiger partial charge in [0.15, 0.2) is 6.10 Å². The van der Waals surface area contributed by atoms with Crippen LogP contribution in [0.5, 0.6) is 0 Å². The molecule has 36 heavy (non-hydrogen) atoms. The van der Waals surface area contributed by atoms with E-state index in [0.29, 0.717) is 13.1 Å². The van der Waals surface area contributed by atoms with Gasteiger partial charge in [0.25, 0.3) is 5.91 Å². The molecule has 0 spiro atoms. The minimum Gasteiger partial charge on any atom is -0.451 e. The van der Waals surface area contributed by atoms with Crippen LogP contribution in [0, 0.1) is 0 Å². The van der Waals surface area contributed by atoms with Crippen molar-refractivity contribution < 1.29 is 14.3 Å². The molecule has 0 N–H and O–H groups in total. The van der Waals surface area contributed by atoms with Crippen LogP contribution in [0.4, 0.5) is 5.82 Å². The summed E-state index contributed by atoms with van der Waals surface area (Å²) in [5.41, 5.74) is 4.82. The molecular formula is C28H27N5O3. The van der Waals surface area contributed by atoms with Crippen molar-refractivity contribution in [3.05, 3.63) is 60.6 Å². The number of piperazine rings is 1. The van der Waals surface area contributed by atoms with Crippen molar-refractivity contribution in [2.45, 2.75) is 44.4 Å². The molecule has 3 aromatic rings. The predicted molar refractivity (Wildman–Crippen MR) is 138 cm³/mol. The van der Waals surface area contributed by atoms with Crippen molar-refractivity contribution in [1.82, 2.24) is 19.9 Å². The minimum absolute atomic E-state index is 0.0562. The Labute approximate surface area is 209 Å². The van der Waals surface area contributed by atoms with E-state index < -0.39 is 6.10 Å². The molecule has 1 amide bonds. The van der Waals surface area contributed by atoms with E-state index in [9.17, 15) is 9.59 Å². The second kappa shape index (κ2) is 8.86. The number of esters is 1. The van der Waals surface area contributed by atoms with E-state index >= 15 is 0 Å². The number of anilines is 1. The zero-order valence-electron chi connectivity index (χ0n) is 20.1. The van der Waals surface area contributed by atoms with Crippen molar-refractivity contribution >= 4 is 40.7 Å². The van der Waals surface area contributed by atoms with Crippen molar-refractivity contribution in [3.8, 4) is 11.3 Å². The summed E-state index contributed by atoms with van der Waals surface area (Å²) in [4.78, 5) is 42.3. The molecule has 3 unspecified atom stereocenters. The van der Waals surface area contributed by atoms with E-state index in [1.165, 1.54) is 0 Å². The quantitative estimate of drug-likeness (QED) is 0.511. The van der Waals surface area contributed by atoms with Crippen LogP contribution in [0.1, 0.15) is 37.3 Å². The zero-order valence-corrected chi connectivity index (χ0v) is 20.1. The lowest BCUT2D eigenvalue weighted by molar-refractivity contribution is -0.180. The number of hydrogen-bond acceptors (Lipinski definition) is 7. The molecule has 0 saturated carbocycles. The van der Waals surface area contributed by atoms with E-state index in [2.05, 4.69) is 33.6 Å². The maximum absolute atomic E-state index is 12.9. The summed E-state index contributed by atoms with van der Waals surface area (Å²) in [7, 11) is 0. The van der Waals surface area contributed by atoms with Gasteiger partial charge in [-0.1, -0.05) is 43.0 Å². The van der Waals surface area contributed by atoms with Crippen LogP contribution in [0.3, 0.4) is 0 Å². The Balaban J connectivity index is 1.30. The summed E-state index contributed by atoms with van der Waals surface area (Å²) in [6, 6.07) is 8.29. The van der Waals surface area contributed by atoms with Gasteiger partial charge in [0.05, 0.1) is 23.0 Å². The fraction of sp³-hybridized carbons (Fsp3) is 0.321. The van der Waals surface area contributed by atoms with Gasteiger partial charge in [-0.25, -0.2) is 9.97 Å². The average molecular weight is 482 g/mol. The summed E-state index contributed by atoms with van der Waals surface area (Å²) >= 11 is 0. The van der Waals surface area contributed by atoms with Gasteiger partial charge in [0.2, 0.25) is 0 Å². The van der Waals surface area contributed by atoms with E-state index in [0.717, 1.165) is 51.9 Å². The number of carbonyl (C=O) groups excluding carboxylic acids is 2. The predicted octanol–water partition coefficient (Wildman–Crippen LogP) is 3.86. The Morgan fingerprint density at radius 2 is 1.94 bits per heavy atom. The normalized spacial score (nSPS) is 23.1. The maximum atomic E-state index is 12.9. The molecular weight excluding hydrogens is 454 g/mol. The molecule has 3 saturated heterocycles. The molecule has 1 aromatic carbocycles. The number of cyclic esters (lactones) is 1. The third kappa shape index (κ3) is 3.64. The van der Waals surface area contributed by atoms with Crippen LogP contribution in [0.15, 0.2) is 49.4 Å². The van der Waals surface area contributed by atoms with E-state index in [-0.39, 0.29) is 30.4 Å². The van der Waals surface area contributed by atoms with E-state index in [1.54, 1.807) is 6.33 Å². The van der Waals surface area contributed by atoms with Gasteiger partial charge in [0.1, 0.15) is 12.1 Å². The Bertz CT molecular complexity index is 1400. The first kappa shape index (κ1) is 22.4. The summed E-state index contributed by atoms with van der Waals surface area (Å²) in [6.45, 7) is 7.31. The summed E-state index contributed by atoms with van der Waals surface area (Å²) in [5, 5.41) is 0.890. The Kier molecular flexibility index (Phi) is 5.51. The molecule has 2 aromatic heterocycles. The van der Waals surface area contributed by atoms with Gasteiger partial charge in [0, 0.05) is 36.9 Å². The van der Waals surface area contributed by atoms with Crippen LogP contribution in [0.25, 0.3) is 34.3 Å². The minimum atomic E-state index is -0.610. The van der Waals surface area contributed by atoms with Gasteiger partial charge in [-0.05, 0) is 37.0 Å². The molecule has 8 nitrogen and oxygen atoms in total. The standard InChI is InChI=1S/C28H27N5O3/c1-3-6-20-17(4-2)7-5-8-21(20)23-11-24-22(13-29-23)27(31-16-30-24)32-14-18-9-10-19(15-32)33(18)28(35)25-12-26(34)36-25/h3-8,11,13,16,18-19,25H,2,9-10,12,14-15H2,1H3/b6-3-. The highest BCUT2D eigenvalue weighted by atomic mass is 16.6. The summed E-state index contributed by atoms with van der Waals surface area (Å²) in [5.74, 6) is 0.485. The monoisotopic (exact) mass is 481 g/mol. The number of nitrogens with zero attached hydrogens (tertiary/aromatic N) is 5. The first-order valence-corrected chi connectivity index (χ1v) is 12.3. The van der Waals surface area contributed by atoms with E-state index in [1.807, 2.05) is 48.4 Å². The molecule has 2 bridgehead atoms. The zero-order chi connectivity index (χ0) is 24.8.